The second-order valence-electron chi connectivity index (χ2n) is 5.74. The average Bonchev–Trinajstić information content (AvgIpc) is 2.82. The van der Waals surface area contributed by atoms with Gasteiger partial charge in [0, 0.05) is 36.4 Å². The highest BCUT2D eigenvalue weighted by Crippen LogP contribution is 2.20. The summed E-state index contributed by atoms with van der Waals surface area (Å²) >= 11 is 0. The number of non-ortho nitro benzene ring substituents is 1. The zero-order chi connectivity index (χ0) is 19.3. The molecule has 0 aliphatic rings. The van der Waals surface area contributed by atoms with Crippen molar-refractivity contribution >= 4 is 11.8 Å². The van der Waals surface area contributed by atoms with Crippen LogP contribution in [0, 0.1) is 24.0 Å². The van der Waals surface area contributed by atoms with Crippen molar-refractivity contribution in [3.8, 4) is 0 Å². The number of amides is 1. The number of allylic oxidation sites excluding steroid dienone is 1. The molecule has 2 N–H and O–H groups in total. The molecule has 0 saturated heterocycles. The van der Waals surface area contributed by atoms with Crippen LogP contribution in [0.2, 0.25) is 0 Å². The van der Waals surface area contributed by atoms with Crippen molar-refractivity contribution in [3.63, 3.8) is 0 Å². The van der Waals surface area contributed by atoms with Gasteiger partial charge in [0.15, 0.2) is 0 Å². The van der Waals surface area contributed by atoms with E-state index in [2.05, 4.69) is 10.4 Å². The van der Waals surface area contributed by atoms with E-state index in [1.807, 2.05) is 13.8 Å². The van der Waals surface area contributed by atoms with Crippen molar-refractivity contribution in [1.29, 1.82) is 0 Å². The van der Waals surface area contributed by atoms with Crippen LogP contribution < -0.4 is 5.32 Å². The molecule has 0 unspecified atom stereocenters. The van der Waals surface area contributed by atoms with E-state index in [4.69, 9.17) is 5.11 Å². The summed E-state index contributed by atoms with van der Waals surface area (Å²) in [5, 5.41) is 25.6. The Morgan fingerprint density at radius 3 is 2.62 bits per heavy atom. The maximum atomic E-state index is 13.9. The fourth-order valence-electron chi connectivity index (χ4n) is 2.54. The van der Waals surface area contributed by atoms with E-state index in [0.29, 0.717) is 6.42 Å². The summed E-state index contributed by atoms with van der Waals surface area (Å²) in [7, 11) is 0. The molecule has 2 aromatic rings. The Kier molecular flexibility index (Phi) is 6.05. The second-order valence-corrected chi connectivity index (χ2v) is 5.74. The number of halogens is 1. The number of nitrogens with one attached hydrogen (secondary N) is 1. The van der Waals surface area contributed by atoms with Crippen molar-refractivity contribution < 1.29 is 19.2 Å². The van der Waals surface area contributed by atoms with E-state index in [0.717, 1.165) is 28.6 Å². The Morgan fingerprint density at radius 2 is 2.04 bits per heavy atom. The topological polar surface area (TPSA) is 110 Å². The smallest absolute Gasteiger partial charge is 0.404 e. The van der Waals surface area contributed by atoms with Gasteiger partial charge in [0.25, 0.3) is 5.69 Å². The molecule has 0 fully saturated rings. The van der Waals surface area contributed by atoms with Crippen molar-refractivity contribution in [1.82, 2.24) is 15.1 Å². The molecule has 8 nitrogen and oxygen atoms in total. The minimum Gasteiger partial charge on any atom is -0.465 e. The second kappa shape index (κ2) is 8.24. The molecule has 2 rings (SSSR count). The van der Waals surface area contributed by atoms with Crippen LogP contribution in [-0.2, 0) is 13.0 Å². The summed E-state index contributed by atoms with van der Waals surface area (Å²) in [5.41, 5.74) is 3.38. The number of carboxylic acid groups (broad SMARTS) is 1. The van der Waals surface area contributed by atoms with Gasteiger partial charge in [-0.1, -0.05) is 12.1 Å². The predicted molar refractivity (Wildman–Crippen MR) is 92.8 cm³/mol. The zero-order valence-corrected chi connectivity index (χ0v) is 14.4. The number of nitrogens with zero attached hydrogens (tertiary/aromatic N) is 3. The maximum Gasteiger partial charge on any atom is 0.404 e. The lowest BCUT2D eigenvalue weighted by Gasteiger charge is -2.05. The van der Waals surface area contributed by atoms with Gasteiger partial charge >= 0.3 is 6.09 Å². The predicted octanol–water partition coefficient (Wildman–Crippen LogP) is 3.12. The Morgan fingerprint density at radius 1 is 1.38 bits per heavy atom. The summed E-state index contributed by atoms with van der Waals surface area (Å²) in [5.74, 6) is -0.494. The van der Waals surface area contributed by atoms with Crippen LogP contribution in [0.1, 0.15) is 22.5 Å². The Hall–Kier alpha value is -3.23. The fraction of sp³-hybridized carbons (Fsp3) is 0.294. The monoisotopic (exact) mass is 362 g/mol. The highest BCUT2D eigenvalue weighted by atomic mass is 19.1. The van der Waals surface area contributed by atoms with Crippen LogP contribution in [0.4, 0.5) is 14.9 Å². The molecule has 9 heteroatoms. The summed E-state index contributed by atoms with van der Waals surface area (Å²) < 4.78 is 15.4. The number of benzene rings is 1. The first-order valence-electron chi connectivity index (χ1n) is 7.85. The van der Waals surface area contributed by atoms with E-state index in [1.54, 1.807) is 12.1 Å². The molecule has 1 heterocycles. The van der Waals surface area contributed by atoms with Crippen LogP contribution in [0.15, 0.2) is 36.2 Å². The standard InChI is InChI=1S/C17H19FN4O4/c1-11-16(9-13-3-5-15(6-4-13)22(25)26)12(2)21(20-11)10-14(18)7-8-19-17(23)24/h3-7,19H,8-10H2,1-2H3,(H,23,24). The maximum absolute atomic E-state index is 13.9. The van der Waals surface area contributed by atoms with Crippen LogP contribution >= 0.6 is 0 Å². The Balaban J connectivity index is 2.11. The van der Waals surface area contributed by atoms with Crippen molar-refractivity contribution in [2.24, 2.45) is 0 Å². The van der Waals surface area contributed by atoms with E-state index in [-0.39, 0.29) is 18.8 Å². The minimum atomic E-state index is -1.22. The summed E-state index contributed by atoms with van der Waals surface area (Å²) in [6.07, 6.45) is 0.466. The molecule has 1 aromatic carbocycles. The summed E-state index contributed by atoms with van der Waals surface area (Å²) in [6, 6.07) is 6.27. The summed E-state index contributed by atoms with van der Waals surface area (Å²) in [6.45, 7) is 3.44. The number of hydrogen-bond acceptors (Lipinski definition) is 4. The SMILES string of the molecule is Cc1nn(CC(F)=CCNC(=O)O)c(C)c1Cc1ccc([N+](=O)[O-])cc1. The lowest BCUT2D eigenvalue weighted by atomic mass is 10.0. The first-order chi connectivity index (χ1) is 12.3. The highest BCUT2D eigenvalue weighted by molar-refractivity contribution is 5.64. The van der Waals surface area contributed by atoms with Crippen LogP contribution in [0.25, 0.3) is 0 Å². The van der Waals surface area contributed by atoms with Gasteiger partial charge in [-0.05, 0) is 25.5 Å². The number of aryl methyl sites for hydroxylation is 1. The number of carbonyl (C=O) groups is 1. The quantitative estimate of drug-likeness (QED) is 0.581. The normalized spacial score (nSPS) is 11.4. The molecule has 26 heavy (non-hydrogen) atoms. The molecule has 0 bridgehead atoms. The molecule has 0 spiro atoms. The fourth-order valence-corrected chi connectivity index (χ4v) is 2.54. The first kappa shape index (κ1) is 19.1. The van der Waals surface area contributed by atoms with Gasteiger partial charge in [0.2, 0.25) is 0 Å². The van der Waals surface area contributed by atoms with Gasteiger partial charge in [0.1, 0.15) is 5.83 Å². The number of rotatable bonds is 7. The van der Waals surface area contributed by atoms with Gasteiger partial charge in [-0.25, -0.2) is 9.18 Å². The number of aromatic nitrogens is 2. The molecule has 0 saturated carbocycles. The van der Waals surface area contributed by atoms with Crippen molar-refractivity contribution in [3.05, 3.63) is 68.8 Å². The van der Waals surface area contributed by atoms with E-state index in [1.165, 1.54) is 16.8 Å². The van der Waals surface area contributed by atoms with Crippen LogP contribution in [0.3, 0.4) is 0 Å². The Labute approximate surface area is 149 Å². The van der Waals surface area contributed by atoms with Crippen LogP contribution in [0.5, 0.6) is 0 Å². The molecule has 0 radical (unpaired) electrons. The zero-order valence-electron chi connectivity index (χ0n) is 14.4. The van der Waals surface area contributed by atoms with E-state index in [9.17, 15) is 19.3 Å². The minimum absolute atomic E-state index is 0.0278. The van der Waals surface area contributed by atoms with Crippen molar-refractivity contribution in [2.45, 2.75) is 26.8 Å². The van der Waals surface area contributed by atoms with Crippen molar-refractivity contribution in [2.75, 3.05) is 6.54 Å². The molecule has 138 valence electrons. The van der Waals surface area contributed by atoms with Gasteiger partial charge < -0.3 is 10.4 Å². The van der Waals surface area contributed by atoms with Gasteiger partial charge in [0.05, 0.1) is 17.2 Å². The molecule has 1 amide bonds. The van der Waals surface area contributed by atoms with Crippen LogP contribution in [-0.4, -0.2) is 32.4 Å². The average molecular weight is 362 g/mol. The molecule has 0 atom stereocenters. The Bertz CT molecular complexity index is 843. The van der Waals surface area contributed by atoms with E-state index >= 15 is 0 Å². The molecule has 1 aromatic heterocycles. The third kappa shape index (κ3) is 4.88. The van der Waals surface area contributed by atoms with Gasteiger partial charge in [-0.15, -0.1) is 0 Å². The molecule has 0 aliphatic carbocycles. The molecule has 0 aliphatic heterocycles. The molecular weight excluding hydrogens is 343 g/mol. The third-order valence-corrected chi connectivity index (χ3v) is 3.94. The van der Waals surface area contributed by atoms with Gasteiger partial charge in [-0.2, -0.15) is 5.10 Å². The number of hydrogen-bond donors (Lipinski definition) is 2. The lowest BCUT2D eigenvalue weighted by Crippen LogP contribution is -2.20. The number of nitro groups is 1. The highest BCUT2D eigenvalue weighted by Gasteiger charge is 2.14. The molecular formula is C17H19FN4O4. The first-order valence-corrected chi connectivity index (χ1v) is 7.85. The lowest BCUT2D eigenvalue weighted by molar-refractivity contribution is -0.384. The van der Waals surface area contributed by atoms with E-state index < -0.39 is 16.8 Å². The summed E-state index contributed by atoms with van der Waals surface area (Å²) in [4.78, 5) is 20.6. The van der Waals surface area contributed by atoms with Gasteiger partial charge in [-0.3, -0.25) is 14.8 Å². The third-order valence-electron chi connectivity index (χ3n) is 3.94. The number of nitro benzene ring substituents is 1. The largest absolute Gasteiger partial charge is 0.465 e.